The van der Waals surface area contributed by atoms with Crippen LogP contribution in [0.3, 0.4) is 0 Å². The minimum Gasteiger partial charge on any atom is -0.375 e. The van der Waals surface area contributed by atoms with Crippen molar-refractivity contribution in [3.63, 3.8) is 0 Å². The molecule has 2 aromatic carbocycles. The van der Waals surface area contributed by atoms with E-state index in [0.29, 0.717) is 6.10 Å². The summed E-state index contributed by atoms with van der Waals surface area (Å²) in [4.78, 5) is 18.2. The van der Waals surface area contributed by atoms with Gasteiger partial charge in [-0.2, -0.15) is 0 Å². The monoisotopic (exact) mass is 439 g/mol. The maximum Gasteiger partial charge on any atom is 0.321 e. The summed E-state index contributed by atoms with van der Waals surface area (Å²) >= 11 is 1.68. The topological polar surface area (TPSA) is 44.8 Å². The van der Waals surface area contributed by atoms with Gasteiger partial charge in [0, 0.05) is 43.3 Å². The first-order valence-electron chi connectivity index (χ1n) is 11.3. The fourth-order valence-electron chi connectivity index (χ4n) is 4.42. The van der Waals surface area contributed by atoms with Crippen LogP contribution in [0.25, 0.3) is 0 Å². The van der Waals surface area contributed by atoms with Gasteiger partial charge in [-0.25, -0.2) is 4.79 Å². The minimum atomic E-state index is -0.00840. The lowest BCUT2D eigenvalue weighted by molar-refractivity contribution is -0.0616. The average Bonchev–Trinajstić information content (AvgIpc) is 2.81. The molecule has 5 nitrogen and oxygen atoms in total. The van der Waals surface area contributed by atoms with Crippen molar-refractivity contribution in [1.29, 1.82) is 0 Å². The Morgan fingerprint density at radius 1 is 0.968 bits per heavy atom. The number of nitrogens with one attached hydrogen (secondary N) is 1. The van der Waals surface area contributed by atoms with Gasteiger partial charge in [-0.1, -0.05) is 36.4 Å². The number of anilines is 1. The number of ether oxygens (including phenoxy) is 1. The van der Waals surface area contributed by atoms with E-state index in [4.69, 9.17) is 4.74 Å². The lowest BCUT2D eigenvalue weighted by atomic mass is 10.0. The van der Waals surface area contributed by atoms with Crippen LogP contribution in [-0.4, -0.2) is 60.5 Å². The van der Waals surface area contributed by atoms with E-state index in [9.17, 15) is 4.79 Å². The number of carbonyl (C=O) groups excluding carboxylic acids is 1. The summed E-state index contributed by atoms with van der Waals surface area (Å²) in [6, 6.07) is 18.7. The number of piperidine rings is 2. The number of urea groups is 1. The first kappa shape index (κ1) is 22.2. The molecule has 31 heavy (non-hydrogen) atoms. The third-order valence-corrected chi connectivity index (χ3v) is 6.94. The van der Waals surface area contributed by atoms with Crippen molar-refractivity contribution in [2.75, 3.05) is 37.8 Å². The van der Waals surface area contributed by atoms with E-state index < -0.39 is 0 Å². The van der Waals surface area contributed by atoms with Crippen LogP contribution in [-0.2, 0) is 11.3 Å². The number of nitrogens with zero attached hydrogens (tertiary/aromatic N) is 2. The van der Waals surface area contributed by atoms with Gasteiger partial charge < -0.3 is 15.0 Å². The number of carbonyl (C=O) groups is 1. The summed E-state index contributed by atoms with van der Waals surface area (Å²) in [5, 5.41) is 3.03. The number of likely N-dealkylation sites (tertiary alicyclic amines) is 2. The van der Waals surface area contributed by atoms with E-state index in [-0.39, 0.29) is 12.1 Å². The first-order valence-corrected chi connectivity index (χ1v) is 12.5. The summed E-state index contributed by atoms with van der Waals surface area (Å²) in [7, 11) is 0. The number of hydrogen-bond donors (Lipinski definition) is 1. The van der Waals surface area contributed by atoms with E-state index in [1.165, 1.54) is 5.56 Å². The molecule has 0 aliphatic carbocycles. The Morgan fingerprint density at radius 2 is 1.65 bits per heavy atom. The van der Waals surface area contributed by atoms with Crippen molar-refractivity contribution < 1.29 is 9.53 Å². The van der Waals surface area contributed by atoms with Gasteiger partial charge in [0.15, 0.2) is 0 Å². The molecular formula is C25H33N3O2S. The molecule has 2 aliphatic heterocycles. The van der Waals surface area contributed by atoms with E-state index in [1.807, 2.05) is 29.4 Å². The largest absolute Gasteiger partial charge is 0.375 e. The number of hydrogen-bond acceptors (Lipinski definition) is 4. The molecule has 1 N–H and O–H groups in total. The number of benzene rings is 2. The highest BCUT2D eigenvalue weighted by atomic mass is 32.2. The van der Waals surface area contributed by atoms with Gasteiger partial charge in [0.05, 0.1) is 12.2 Å². The lowest BCUT2D eigenvalue weighted by Crippen LogP contribution is -2.45. The third kappa shape index (κ3) is 6.48. The summed E-state index contributed by atoms with van der Waals surface area (Å²) in [5.41, 5.74) is 2.24. The summed E-state index contributed by atoms with van der Waals surface area (Å²) < 4.78 is 6.42. The highest BCUT2D eigenvalue weighted by Crippen LogP contribution is 2.23. The zero-order valence-electron chi connectivity index (χ0n) is 18.3. The smallest absolute Gasteiger partial charge is 0.321 e. The minimum absolute atomic E-state index is 0.00840. The molecule has 2 aromatic rings. The molecule has 2 amide bonds. The standard InChI is InChI=1S/C25H33N3O2S/c1-31-24-9-5-8-21(18-24)26-25(29)28-16-12-23(13-17-28)30-22-10-14-27(15-11-22)19-20-6-3-2-4-7-20/h2-9,18,22-23H,10-17,19H2,1H3,(H,26,29). The Labute approximate surface area is 190 Å². The third-order valence-electron chi connectivity index (χ3n) is 6.22. The van der Waals surface area contributed by atoms with Crippen LogP contribution in [0.4, 0.5) is 10.5 Å². The van der Waals surface area contributed by atoms with Crippen molar-refractivity contribution in [3.05, 3.63) is 60.2 Å². The molecule has 2 aliphatic rings. The van der Waals surface area contributed by atoms with Gasteiger partial charge in [-0.05, 0) is 55.7 Å². The molecule has 0 radical (unpaired) electrons. The van der Waals surface area contributed by atoms with Crippen molar-refractivity contribution in [2.45, 2.75) is 49.3 Å². The molecule has 4 rings (SSSR count). The van der Waals surface area contributed by atoms with Gasteiger partial charge in [-0.15, -0.1) is 11.8 Å². The van der Waals surface area contributed by atoms with Crippen molar-refractivity contribution in [3.8, 4) is 0 Å². The Morgan fingerprint density at radius 3 is 2.32 bits per heavy atom. The van der Waals surface area contributed by atoms with E-state index in [0.717, 1.165) is 69.0 Å². The van der Waals surface area contributed by atoms with Crippen LogP contribution in [0.2, 0.25) is 0 Å². The number of rotatable bonds is 6. The van der Waals surface area contributed by atoms with E-state index in [1.54, 1.807) is 11.8 Å². The second-order valence-corrected chi connectivity index (χ2v) is 9.33. The Balaban J connectivity index is 1.16. The highest BCUT2D eigenvalue weighted by molar-refractivity contribution is 7.98. The van der Waals surface area contributed by atoms with E-state index >= 15 is 0 Å². The zero-order chi connectivity index (χ0) is 21.5. The molecule has 0 saturated carbocycles. The molecule has 0 atom stereocenters. The summed E-state index contributed by atoms with van der Waals surface area (Å²) in [6.07, 6.45) is 6.70. The Hall–Kier alpha value is -2.02. The maximum absolute atomic E-state index is 12.6. The van der Waals surface area contributed by atoms with E-state index in [2.05, 4.69) is 46.6 Å². The molecular weight excluding hydrogens is 406 g/mol. The predicted octanol–water partition coefficient (Wildman–Crippen LogP) is 5.09. The van der Waals surface area contributed by atoms with Crippen LogP contribution in [0, 0.1) is 0 Å². The van der Waals surface area contributed by atoms with Gasteiger partial charge in [0.2, 0.25) is 0 Å². The van der Waals surface area contributed by atoms with Crippen molar-refractivity contribution in [1.82, 2.24) is 9.80 Å². The number of thioether (sulfide) groups is 1. The fourth-order valence-corrected chi connectivity index (χ4v) is 4.88. The number of amides is 2. The maximum atomic E-state index is 12.6. The molecule has 6 heteroatoms. The summed E-state index contributed by atoms with van der Waals surface area (Å²) in [5.74, 6) is 0. The zero-order valence-corrected chi connectivity index (χ0v) is 19.2. The highest BCUT2D eigenvalue weighted by Gasteiger charge is 2.27. The molecule has 0 bridgehead atoms. The van der Waals surface area contributed by atoms with Gasteiger partial charge >= 0.3 is 6.03 Å². The summed E-state index contributed by atoms with van der Waals surface area (Å²) in [6.45, 7) is 4.73. The Kier molecular flexibility index (Phi) is 7.89. The van der Waals surface area contributed by atoms with Crippen molar-refractivity contribution in [2.24, 2.45) is 0 Å². The molecule has 0 aromatic heterocycles. The molecule has 0 unspecified atom stereocenters. The van der Waals surface area contributed by atoms with Gasteiger partial charge in [-0.3, -0.25) is 4.90 Å². The Bertz CT molecular complexity index is 832. The van der Waals surface area contributed by atoms with Gasteiger partial charge in [0.25, 0.3) is 0 Å². The molecule has 0 spiro atoms. The molecule has 166 valence electrons. The first-order chi connectivity index (χ1) is 15.2. The second kappa shape index (κ2) is 11.0. The average molecular weight is 440 g/mol. The molecule has 2 heterocycles. The molecule has 2 saturated heterocycles. The van der Waals surface area contributed by atoms with Crippen LogP contribution in [0.1, 0.15) is 31.2 Å². The van der Waals surface area contributed by atoms with Crippen molar-refractivity contribution >= 4 is 23.5 Å². The lowest BCUT2D eigenvalue weighted by Gasteiger charge is -2.37. The van der Waals surface area contributed by atoms with Crippen LogP contribution in [0.15, 0.2) is 59.5 Å². The van der Waals surface area contributed by atoms with Gasteiger partial charge in [0.1, 0.15) is 0 Å². The second-order valence-electron chi connectivity index (χ2n) is 8.45. The normalized spacial score (nSPS) is 18.8. The van der Waals surface area contributed by atoms with Crippen LogP contribution in [0.5, 0.6) is 0 Å². The SMILES string of the molecule is CSc1cccc(NC(=O)N2CCC(OC3CCN(Cc4ccccc4)CC3)CC2)c1. The molecule has 2 fully saturated rings. The predicted molar refractivity (Wildman–Crippen MR) is 128 cm³/mol. The fraction of sp³-hybridized carbons (Fsp3) is 0.480. The van der Waals surface area contributed by atoms with Crippen LogP contribution < -0.4 is 5.32 Å². The van der Waals surface area contributed by atoms with Crippen LogP contribution >= 0.6 is 11.8 Å². The quantitative estimate of drug-likeness (QED) is 0.637.